The number of carbonyl (C=O) groups excluding carboxylic acids is 1. The van der Waals surface area contributed by atoms with E-state index >= 15 is 0 Å². The second-order valence-corrected chi connectivity index (χ2v) is 7.01. The van der Waals surface area contributed by atoms with Crippen LogP contribution >= 0.6 is 0 Å². The maximum absolute atomic E-state index is 13.1. The highest BCUT2D eigenvalue weighted by atomic mass is 16.4. The first-order valence-electron chi connectivity index (χ1n) is 8.74. The van der Waals surface area contributed by atoms with Gasteiger partial charge in [-0.2, -0.15) is 0 Å². The fourth-order valence-corrected chi connectivity index (χ4v) is 4.42. The molecule has 6 heteroatoms. The predicted molar refractivity (Wildman–Crippen MR) is 92.5 cm³/mol. The van der Waals surface area contributed by atoms with Crippen molar-refractivity contribution >= 4 is 22.8 Å². The zero-order chi connectivity index (χ0) is 17.6. The van der Waals surface area contributed by atoms with Crippen LogP contribution < -0.4 is 5.56 Å². The van der Waals surface area contributed by atoms with Gasteiger partial charge in [-0.15, -0.1) is 0 Å². The topological polar surface area (TPSA) is 90.5 Å². The van der Waals surface area contributed by atoms with Crippen LogP contribution in [-0.4, -0.2) is 39.0 Å². The average molecular weight is 340 g/mol. The largest absolute Gasteiger partial charge is 0.480 e. The summed E-state index contributed by atoms with van der Waals surface area (Å²) < 4.78 is 0. The first-order valence-corrected chi connectivity index (χ1v) is 8.74. The number of benzene rings is 1. The van der Waals surface area contributed by atoms with Crippen LogP contribution in [0.25, 0.3) is 10.9 Å². The lowest BCUT2D eigenvalue weighted by Crippen LogP contribution is -2.47. The summed E-state index contributed by atoms with van der Waals surface area (Å²) >= 11 is 0. The molecule has 6 nitrogen and oxygen atoms in total. The molecule has 1 amide bonds. The maximum Gasteiger partial charge on any atom is 0.326 e. The van der Waals surface area contributed by atoms with Crippen LogP contribution in [0, 0.1) is 5.92 Å². The predicted octanol–water partition coefficient (Wildman–Crippen LogP) is 2.39. The van der Waals surface area contributed by atoms with Crippen molar-refractivity contribution in [3.8, 4) is 0 Å². The molecule has 2 N–H and O–H groups in total. The van der Waals surface area contributed by atoms with E-state index in [9.17, 15) is 19.5 Å². The van der Waals surface area contributed by atoms with E-state index in [0.29, 0.717) is 11.9 Å². The molecule has 0 spiro atoms. The number of H-pyrrole nitrogens is 1. The summed E-state index contributed by atoms with van der Waals surface area (Å²) in [7, 11) is 0. The van der Waals surface area contributed by atoms with Crippen molar-refractivity contribution in [1.82, 2.24) is 9.88 Å². The molecule has 1 aromatic carbocycles. The van der Waals surface area contributed by atoms with Crippen molar-refractivity contribution in [3.05, 3.63) is 46.2 Å². The summed E-state index contributed by atoms with van der Waals surface area (Å²) in [4.78, 5) is 41.4. The van der Waals surface area contributed by atoms with Crippen LogP contribution in [0.3, 0.4) is 0 Å². The molecule has 1 saturated heterocycles. The Morgan fingerprint density at radius 2 is 1.92 bits per heavy atom. The zero-order valence-electron chi connectivity index (χ0n) is 13.8. The number of hydrogen-bond donors (Lipinski definition) is 2. The van der Waals surface area contributed by atoms with E-state index in [0.717, 1.165) is 31.1 Å². The fraction of sp³-hybridized carbons (Fsp3) is 0.421. The van der Waals surface area contributed by atoms with Crippen LogP contribution in [0.5, 0.6) is 0 Å². The molecule has 0 radical (unpaired) electrons. The second kappa shape index (κ2) is 6.02. The molecule has 1 aliphatic heterocycles. The van der Waals surface area contributed by atoms with Crippen molar-refractivity contribution in [3.63, 3.8) is 0 Å². The number of para-hydroxylation sites is 1. The number of nitrogens with zero attached hydrogens (tertiary/aromatic N) is 1. The Hall–Kier alpha value is -2.63. The van der Waals surface area contributed by atoms with E-state index in [4.69, 9.17) is 0 Å². The number of aromatic nitrogens is 1. The number of aliphatic carboxylic acids is 1. The number of nitrogens with one attached hydrogen (secondary N) is 1. The van der Waals surface area contributed by atoms with E-state index in [1.54, 1.807) is 12.1 Å². The molecule has 3 unspecified atom stereocenters. The van der Waals surface area contributed by atoms with Crippen molar-refractivity contribution in [2.75, 3.05) is 0 Å². The van der Waals surface area contributed by atoms with Crippen molar-refractivity contribution < 1.29 is 14.7 Å². The Morgan fingerprint density at radius 3 is 2.72 bits per heavy atom. The minimum Gasteiger partial charge on any atom is -0.480 e. The molecule has 2 aliphatic rings. The van der Waals surface area contributed by atoms with Gasteiger partial charge in [-0.3, -0.25) is 9.59 Å². The summed E-state index contributed by atoms with van der Waals surface area (Å²) in [5.41, 5.74) is 0.221. The lowest BCUT2D eigenvalue weighted by molar-refractivity contribution is -0.141. The third-order valence-corrected chi connectivity index (χ3v) is 5.59. The van der Waals surface area contributed by atoms with Gasteiger partial charge in [-0.25, -0.2) is 4.79 Å². The lowest BCUT2D eigenvalue weighted by atomic mass is 9.84. The van der Waals surface area contributed by atoms with Crippen molar-refractivity contribution in [2.24, 2.45) is 5.92 Å². The smallest absolute Gasteiger partial charge is 0.326 e. The number of hydrogen-bond acceptors (Lipinski definition) is 3. The van der Waals surface area contributed by atoms with Gasteiger partial charge in [0.05, 0.1) is 0 Å². The minimum absolute atomic E-state index is 0.0242. The Morgan fingerprint density at radius 1 is 1.16 bits per heavy atom. The Kier molecular flexibility index (Phi) is 3.82. The second-order valence-electron chi connectivity index (χ2n) is 7.01. The van der Waals surface area contributed by atoms with Crippen LogP contribution in [0.1, 0.15) is 42.5 Å². The van der Waals surface area contributed by atoms with Gasteiger partial charge in [0.15, 0.2) is 0 Å². The lowest BCUT2D eigenvalue weighted by Gasteiger charge is -2.32. The molecular formula is C19H20N2O4. The summed E-state index contributed by atoms with van der Waals surface area (Å²) in [5.74, 6) is -1.23. The molecule has 1 aliphatic carbocycles. The first kappa shape index (κ1) is 15.9. The number of fused-ring (bicyclic) bond motifs is 2. The van der Waals surface area contributed by atoms with Gasteiger partial charge in [0.2, 0.25) is 0 Å². The maximum atomic E-state index is 13.1. The minimum atomic E-state index is -0.986. The van der Waals surface area contributed by atoms with E-state index < -0.39 is 23.5 Å². The quantitative estimate of drug-likeness (QED) is 0.878. The number of carboxylic acid groups (broad SMARTS) is 1. The number of carbonyl (C=O) groups is 2. The first-order chi connectivity index (χ1) is 12.1. The third-order valence-electron chi connectivity index (χ3n) is 5.59. The molecule has 1 saturated carbocycles. The van der Waals surface area contributed by atoms with Crippen LogP contribution in [0.15, 0.2) is 35.1 Å². The Bertz CT molecular complexity index is 904. The van der Waals surface area contributed by atoms with E-state index in [-0.39, 0.29) is 17.5 Å². The van der Waals surface area contributed by atoms with Gasteiger partial charge >= 0.3 is 5.97 Å². The normalized spacial score (nSPS) is 25.8. The molecule has 4 rings (SSSR count). The van der Waals surface area contributed by atoms with E-state index in [1.807, 2.05) is 18.2 Å². The van der Waals surface area contributed by atoms with Gasteiger partial charge in [-0.1, -0.05) is 31.0 Å². The third kappa shape index (κ3) is 2.62. The van der Waals surface area contributed by atoms with Gasteiger partial charge in [-0.05, 0) is 42.7 Å². The molecule has 0 bridgehead atoms. The summed E-state index contributed by atoms with van der Waals surface area (Å²) in [6.45, 7) is 0. The number of aromatic amines is 1. The molecule has 1 aromatic heterocycles. The highest BCUT2D eigenvalue weighted by molar-refractivity contribution is 5.99. The zero-order valence-corrected chi connectivity index (χ0v) is 13.8. The van der Waals surface area contributed by atoms with E-state index in [1.165, 1.54) is 4.90 Å². The van der Waals surface area contributed by atoms with Gasteiger partial charge in [0.1, 0.15) is 11.6 Å². The number of carboxylic acids is 1. The van der Waals surface area contributed by atoms with Gasteiger partial charge < -0.3 is 15.0 Å². The Labute approximate surface area is 144 Å². The standard InChI is InChI=1S/C19H20N2O4/c22-17-13(9-11-5-1-3-7-14(11)20-17)18(23)21-15-8-4-2-6-12(15)10-16(21)19(24)25/h1,3,5,7,9,12,15-16H,2,4,6,8,10H2,(H,20,22)(H,24,25). The van der Waals surface area contributed by atoms with Crippen LogP contribution in [-0.2, 0) is 4.79 Å². The van der Waals surface area contributed by atoms with Crippen molar-refractivity contribution in [1.29, 1.82) is 0 Å². The highest BCUT2D eigenvalue weighted by Crippen LogP contribution is 2.40. The molecule has 2 heterocycles. The summed E-state index contributed by atoms with van der Waals surface area (Å²) in [6.07, 6.45) is 4.31. The number of rotatable bonds is 2. The van der Waals surface area contributed by atoms with Crippen LogP contribution in [0.4, 0.5) is 0 Å². The van der Waals surface area contributed by atoms with E-state index in [2.05, 4.69) is 4.98 Å². The van der Waals surface area contributed by atoms with Gasteiger partial charge in [0, 0.05) is 11.6 Å². The molecule has 25 heavy (non-hydrogen) atoms. The molecular weight excluding hydrogens is 320 g/mol. The highest BCUT2D eigenvalue weighted by Gasteiger charge is 2.48. The van der Waals surface area contributed by atoms with Gasteiger partial charge in [0.25, 0.3) is 11.5 Å². The average Bonchev–Trinajstić information content (AvgIpc) is 3.00. The number of pyridine rings is 1. The molecule has 130 valence electrons. The molecule has 2 fully saturated rings. The number of likely N-dealkylation sites (tertiary alicyclic amines) is 1. The number of amides is 1. The molecule has 3 atom stereocenters. The SMILES string of the molecule is O=C(O)C1CC2CCCCC2N1C(=O)c1cc2ccccc2[nH]c1=O. The van der Waals surface area contributed by atoms with Crippen molar-refractivity contribution in [2.45, 2.75) is 44.2 Å². The summed E-state index contributed by atoms with van der Waals surface area (Å²) in [5, 5.41) is 10.3. The monoisotopic (exact) mass is 340 g/mol. The molecule has 2 aromatic rings. The fourth-order valence-electron chi connectivity index (χ4n) is 4.42. The summed E-state index contributed by atoms with van der Waals surface area (Å²) in [6, 6.07) is 7.91. The van der Waals surface area contributed by atoms with Crippen LogP contribution in [0.2, 0.25) is 0 Å². The Balaban J connectivity index is 1.77.